The van der Waals surface area contributed by atoms with Crippen LogP contribution in [-0.4, -0.2) is 36.6 Å². The number of hydrogen-bond acceptors (Lipinski definition) is 2. The number of amides is 1. The Labute approximate surface area is 79.0 Å². The van der Waals surface area contributed by atoms with Crippen LogP contribution in [0.25, 0.3) is 0 Å². The third-order valence-corrected chi connectivity index (χ3v) is 3.20. The Balaban J connectivity index is 2.14. The molecular weight excluding hydrogens is 166 g/mol. The average molecular weight is 183 g/mol. The van der Waals surface area contributed by atoms with Gasteiger partial charge in [0.1, 0.15) is 5.60 Å². The molecule has 0 N–H and O–H groups in total. The number of carbonyl (C=O) groups excluding carboxylic acids is 1. The zero-order chi connectivity index (χ0) is 9.31. The standard InChI is InChI=1S/C10H17NO2/c1-11-7-8-13-10(9(11)12)5-3-2-4-6-10/h2-8H2,1H3. The second-order valence-corrected chi connectivity index (χ2v) is 4.13. The molecule has 0 unspecified atom stereocenters. The molecule has 0 aromatic heterocycles. The maximum absolute atomic E-state index is 11.9. The molecule has 3 nitrogen and oxygen atoms in total. The number of carbonyl (C=O) groups is 1. The first-order valence-electron chi connectivity index (χ1n) is 5.14. The summed E-state index contributed by atoms with van der Waals surface area (Å²) in [6.07, 6.45) is 5.38. The number of hydrogen-bond donors (Lipinski definition) is 0. The van der Waals surface area contributed by atoms with Crippen molar-refractivity contribution in [1.29, 1.82) is 0 Å². The van der Waals surface area contributed by atoms with Gasteiger partial charge in [-0.25, -0.2) is 0 Å². The van der Waals surface area contributed by atoms with Gasteiger partial charge in [0.15, 0.2) is 0 Å². The second-order valence-electron chi connectivity index (χ2n) is 4.13. The van der Waals surface area contributed by atoms with E-state index in [-0.39, 0.29) is 5.91 Å². The molecule has 3 heteroatoms. The molecule has 0 bridgehead atoms. The minimum absolute atomic E-state index is 0.207. The molecule has 1 aliphatic carbocycles. The highest BCUT2D eigenvalue weighted by molar-refractivity contribution is 5.85. The zero-order valence-corrected chi connectivity index (χ0v) is 8.21. The predicted octanol–water partition coefficient (Wildman–Crippen LogP) is 1.18. The minimum Gasteiger partial charge on any atom is -0.363 e. The molecule has 2 aliphatic rings. The monoisotopic (exact) mass is 183 g/mol. The molecule has 0 atom stereocenters. The normalized spacial score (nSPS) is 28.1. The van der Waals surface area contributed by atoms with Gasteiger partial charge in [-0.3, -0.25) is 4.79 Å². The summed E-state index contributed by atoms with van der Waals surface area (Å²) in [6.45, 7) is 1.46. The highest BCUT2D eigenvalue weighted by Crippen LogP contribution is 2.34. The van der Waals surface area contributed by atoms with Gasteiger partial charge in [0.2, 0.25) is 0 Å². The van der Waals surface area contributed by atoms with Gasteiger partial charge in [-0.2, -0.15) is 0 Å². The Morgan fingerprint density at radius 3 is 2.69 bits per heavy atom. The van der Waals surface area contributed by atoms with E-state index in [2.05, 4.69) is 0 Å². The van der Waals surface area contributed by atoms with Crippen molar-refractivity contribution in [3.63, 3.8) is 0 Å². The number of morpholine rings is 1. The number of likely N-dealkylation sites (N-methyl/N-ethyl adjacent to an activating group) is 1. The molecule has 0 radical (unpaired) electrons. The molecule has 1 saturated carbocycles. The maximum atomic E-state index is 11.9. The van der Waals surface area contributed by atoms with E-state index in [1.54, 1.807) is 0 Å². The SMILES string of the molecule is CN1CCOC2(CCCCC2)C1=O. The summed E-state index contributed by atoms with van der Waals surface area (Å²) >= 11 is 0. The molecule has 74 valence electrons. The summed E-state index contributed by atoms with van der Waals surface area (Å²) in [4.78, 5) is 13.7. The molecule has 2 rings (SSSR count). The van der Waals surface area contributed by atoms with Crippen LogP contribution in [0.4, 0.5) is 0 Å². The van der Waals surface area contributed by atoms with E-state index in [1.165, 1.54) is 6.42 Å². The lowest BCUT2D eigenvalue weighted by Crippen LogP contribution is -2.56. The van der Waals surface area contributed by atoms with Gasteiger partial charge >= 0.3 is 0 Å². The fraction of sp³-hybridized carbons (Fsp3) is 0.900. The molecule has 2 fully saturated rings. The Hall–Kier alpha value is -0.570. The topological polar surface area (TPSA) is 29.5 Å². The fourth-order valence-electron chi connectivity index (χ4n) is 2.37. The molecule has 1 heterocycles. The van der Waals surface area contributed by atoms with Gasteiger partial charge in [0.25, 0.3) is 5.91 Å². The van der Waals surface area contributed by atoms with Gasteiger partial charge in [-0.1, -0.05) is 19.3 Å². The van der Waals surface area contributed by atoms with E-state index in [0.29, 0.717) is 6.61 Å². The lowest BCUT2D eigenvalue weighted by molar-refractivity contribution is -0.175. The van der Waals surface area contributed by atoms with E-state index >= 15 is 0 Å². The summed E-state index contributed by atoms with van der Waals surface area (Å²) < 4.78 is 5.70. The summed E-state index contributed by atoms with van der Waals surface area (Å²) in [6, 6.07) is 0. The van der Waals surface area contributed by atoms with E-state index in [4.69, 9.17) is 4.74 Å². The molecular formula is C10H17NO2. The third kappa shape index (κ3) is 1.46. The average Bonchev–Trinajstić information content (AvgIpc) is 2.16. The maximum Gasteiger partial charge on any atom is 0.254 e. The molecule has 1 saturated heterocycles. The largest absolute Gasteiger partial charge is 0.363 e. The van der Waals surface area contributed by atoms with Crippen LogP contribution in [0.5, 0.6) is 0 Å². The Bertz CT molecular complexity index is 203. The Morgan fingerprint density at radius 2 is 2.00 bits per heavy atom. The van der Waals surface area contributed by atoms with Crippen LogP contribution in [0.15, 0.2) is 0 Å². The number of ether oxygens (including phenoxy) is 1. The van der Waals surface area contributed by atoms with E-state index in [1.807, 2.05) is 11.9 Å². The molecule has 1 spiro atoms. The third-order valence-electron chi connectivity index (χ3n) is 3.20. The molecule has 1 aliphatic heterocycles. The lowest BCUT2D eigenvalue weighted by atomic mass is 9.83. The first-order chi connectivity index (χ1) is 6.25. The van der Waals surface area contributed by atoms with Gasteiger partial charge in [0, 0.05) is 13.6 Å². The van der Waals surface area contributed by atoms with Crippen molar-refractivity contribution in [1.82, 2.24) is 4.90 Å². The van der Waals surface area contributed by atoms with Crippen LogP contribution in [-0.2, 0) is 9.53 Å². The van der Waals surface area contributed by atoms with E-state index < -0.39 is 5.60 Å². The molecule has 1 amide bonds. The van der Waals surface area contributed by atoms with Gasteiger partial charge in [-0.05, 0) is 12.8 Å². The Kier molecular flexibility index (Phi) is 2.28. The first-order valence-corrected chi connectivity index (χ1v) is 5.14. The van der Waals surface area contributed by atoms with Crippen LogP contribution in [0, 0.1) is 0 Å². The summed E-state index contributed by atoms with van der Waals surface area (Å²) in [7, 11) is 1.88. The van der Waals surface area contributed by atoms with Crippen LogP contribution >= 0.6 is 0 Å². The van der Waals surface area contributed by atoms with E-state index in [9.17, 15) is 4.79 Å². The number of rotatable bonds is 0. The van der Waals surface area contributed by atoms with Crippen molar-refractivity contribution >= 4 is 5.91 Å². The van der Waals surface area contributed by atoms with Gasteiger partial charge in [-0.15, -0.1) is 0 Å². The van der Waals surface area contributed by atoms with Crippen molar-refractivity contribution < 1.29 is 9.53 Å². The lowest BCUT2D eigenvalue weighted by Gasteiger charge is -2.42. The smallest absolute Gasteiger partial charge is 0.254 e. The highest BCUT2D eigenvalue weighted by Gasteiger charge is 2.44. The molecule has 13 heavy (non-hydrogen) atoms. The minimum atomic E-state index is -0.425. The van der Waals surface area contributed by atoms with Crippen LogP contribution in [0.2, 0.25) is 0 Å². The van der Waals surface area contributed by atoms with Crippen LogP contribution in [0.3, 0.4) is 0 Å². The highest BCUT2D eigenvalue weighted by atomic mass is 16.5. The van der Waals surface area contributed by atoms with Gasteiger partial charge in [0.05, 0.1) is 6.61 Å². The van der Waals surface area contributed by atoms with Crippen LogP contribution < -0.4 is 0 Å². The van der Waals surface area contributed by atoms with Crippen molar-refractivity contribution in [2.45, 2.75) is 37.7 Å². The van der Waals surface area contributed by atoms with E-state index in [0.717, 1.165) is 32.2 Å². The predicted molar refractivity (Wildman–Crippen MR) is 49.4 cm³/mol. The zero-order valence-electron chi connectivity index (χ0n) is 8.21. The quantitative estimate of drug-likeness (QED) is 0.564. The van der Waals surface area contributed by atoms with Crippen molar-refractivity contribution in [2.75, 3.05) is 20.2 Å². The summed E-state index contributed by atoms with van der Waals surface area (Å²) in [5, 5.41) is 0. The number of nitrogens with zero attached hydrogens (tertiary/aromatic N) is 1. The van der Waals surface area contributed by atoms with Crippen molar-refractivity contribution in [3.05, 3.63) is 0 Å². The molecule has 0 aromatic rings. The second kappa shape index (κ2) is 3.29. The van der Waals surface area contributed by atoms with Crippen molar-refractivity contribution in [3.8, 4) is 0 Å². The molecule has 0 aromatic carbocycles. The Morgan fingerprint density at radius 1 is 1.31 bits per heavy atom. The van der Waals surface area contributed by atoms with Crippen molar-refractivity contribution in [2.24, 2.45) is 0 Å². The van der Waals surface area contributed by atoms with Crippen LogP contribution in [0.1, 0.15) is 32.1 Å². The fourth-order valence-corrected chi connectivity index (χ4v) is 2.37. The first kappa shape index (κ1) is 9.00. The van der Waals surface area contributed by atoms with Gasteiger partial charge < -0.3 is 9.64 Å². The summed E-state index contributed by atoms with van der Waals surface area (Å²) in [5.41, 5.74) is -0.425. The summed E-state index contributed by atoms with van der Waals surface area (Å²) in [5.74, 6) is 0.207.